The highest BCUT2D eigenvalue weighted by Crippen LogP contribution is 2.41. The first kappa shape index (κ1) is 7.15. The fraction of sp³-hybridized carbons (Fsp3) is 0.636. The molecule has 0 nitrogen and oxygen atoms in total. The first-order chi connectivity index (χ1) is 5.27. The van der Waals surface area contributed by atoms with Gasteiger partial charge in [0.2, 0.25) is 0 Å². The topological polar surface area (TPSA) is 0 Å². The summed E-state index contributed by atoms with van der Waals surface area (Å²) in [6.07, 6.45) is 7.71. The normalized spacial score (nSPS) is 30.4. The molecule has 0 aromatic heterocycles. The standard InChI is InChI=1S/C11H16/c1-8-3-5-10-7-9(2)11(10)6-4-8/h4,9H,3,5-7H2,1-2H3. The van der Waals surface area contributed by atoms with E-state index in [0.29, 0.717) is 0 Å². The van der Waals surface area contributed by atoms with Crippen LogP contribution in [-0.4, -0.2) is 0 Å². The number of hydrogen-bond acceptors (Lipinski definition) is 0. The van der Waals surface area contributed by atoms with E-state index in [-0.39, 0.29) is 0 Å². The molecule has 0 aromatic carbocycles. The first-order valence-corrected chi connectivity index (χ1v) is 4.64. The molecule has 60 valence electrons. The summed E-state index contributed by atoms with van der Waals surface area (Å²) in [5.74, 6) is 0.896. The number of rotatable bonds is 0. The van der Waals surface area contributed by atoms with Crippen LogP contribution in [0.25, 0.3) is 0 Å². The molecule has 0 heteroatoms. The molecule has 0 saturated heterocycles. The molecule has 2 aliphatic rings. The molecule has 2 aliphatic carbocycles. The molecule has 0 bridgehead atoms. The van der Waals surface area contributed by atoms with Gasteiger partial charge in [-0.3, -0.25) is 0 Å². The van der Waals surface area contributed by atoms with E-state index in [9.17, 15) is 0 Å². The van der Waals surface area contributed by atoms with Crippen molar-refractivity contribution in [2.24, 2.45) is 5.92 Å². The van der Waals surface area contributed by atoms with Crippen molar-refractivity contribution >= 4 is 0 Å². The molecule has 0 amide bonds. The van der Waals surface area contributed by atoms with E-state index < -0.39 is 0 Å². The lowest BCUT2D eigenvalue weighted by Crippen LogP contribution is -2.14. The van der Waals surface area contributed by atoms with E-state index in [1.807, 2.05) is 0 Å². The summed E-state index contributed by atoms with van der Waals surface area (Å²) in [6.45, 7) is 4.61. The van der Waals surface area contributed by atoms with E-state index in [1.165, 1.54) is 25.7 Å². The molecule has 0 heterocycles. The SMILES string of the molecule is CC1=CCC2=C(CC1)CC2C. The lowest BCUT2D eigenvalue weighted by Gasteiger charge is -2.29. The molecular weight excluding hydrogens is 132 g/mol. The van der Waals surface area contributed by atoms with Crippen molar-refractivity contribution < 1.29 is 0 Å². The summed E-state index contributed by atoms with van der Waals surface area (Å²) in [5, 5.41) is 0. The van der Waals surface area contributed by atoms with Crippen LogP contribution in [0.5, 0.6) is 0 Å². The van der Waals surface area contributed by atoms with Gasteiger partial charge in [-0.15, -0.1) is 0 Å². The van der Waals surface area contributed by atoms with Crippen molar-refractivity contribution in [2.45, 2.75) is 39.5 Å². The summed E-state index contributed by atoms with van der Waals surface area (Å²) in [4.78, 5) is 0. The monoisotopic (exact) mass is 148 g/mol. The molecule has 1 atom stereocenters. The predicted molar refractivity (Wildman–Crippen MR) is 48.4 cm³/mol. The van der Waals surface area contributed by atoms with Gasteiger partial charge < -0.3 is 0 Å². The fourth-order valence-corrected chi connectivity index (χ4v) is 2.18. The minimum atomic E-state index is 0.896. The highest BCUT2D eigenvalue weighted by Gasteiger charge is 2.25. The predicted octanol–water partition coefficient (Wildman–Crippen LogP) is 3.45. The first-order valence-electron chi connectivity index (χ1n) is 4.64. The molecule has 0 spiro atoms. The zero-order valence-corrected chi connectivity index (χ0v) is 7.48. The Balaban J connectivity index is 2.16. The molecular formula is C11H16. The Kier molecular flexibility index (Phi) is 1.63. The van der Waals surface area contributed by atoms with Crippen LogP contribution in [0.2, 0.25) is 0 Å². The van der Waals surface area contributed by atoms with Crippen LogP contribution in [-0.2, 0) is 0 Å². The third kappa shape index (κ3) is 1.15. The third-order valence-corrected chi connectivity index (χ3v) is 3.09. The van der Waals surface area contributed by atoms with Gasteiger partial charge in [-0.2, -0.15) is 0 Å². The Morgan fingerprint density at radius 3 is 2.91 bits per heavy atom. The zero-order chi connectivity index (χ0) is 7.84. The fourth-order valence-electron chi connectivity index (χ4n) is 2.18. The molecule has 0 saturated carbocycles. The largest absolute Gasteiger partial charge is 0.0815 e. The van der Waals surface area contributed by atoms with Crippen molar-refractivity contribution in [3.8, 4) is 0 Å². The molecule has 0 aliphatic heterocycles. The van der Waals surface area contributed by atoms with Crippen molar-refractivity contribution in [3.63, 3.8) is 0 Å². The minimum Gasteiger partial charge on any atom is -0.0815 e. The van der Waals surface area contributed by atoms with E-state index in [1.54, 1.807) is 16.7 Å². The molecule has 0 aromatic rings. The maximum Gasteiger partial charge on any atom is -0.0131 e. The third-order valence-electron chi connectivity index (χ3n) is 3.09. The maximum atomic E-state index is 2.41. The summed E-state index contributed by atoms with van der Waals surface area (Å²) in [5.41, 5.74) is 5.11. The van der Waals surface area contributed by atoms with Gasteiger partial charge in [0, 0.05) is 0 Å². The molecule has 1 unspecified atom stereocenters. The summed E-state index contributed by atoms with van der Waals surface area (Å²) < 4.78 is 0. The van der Waals surface area contributed by atoms with Crippen LogP contribution in [0.1, 0.15) is 39.5 Å². The van der Waals surface area contributed by atoms with Crippen molar-refractivity contribution in [2.75, 3.05) is 0 Å². The van der Waals surface area contributed by atoms with Gasteiger partial charge in [-0.1, -0.05) is 29.7 Å². The average Bonchev–Trinajstić information content (AvgIpc) is 2.09. The lowest BCUT2D eigenvalue weighted by molar-refractivity contribution is 0.550. The van der Waals surface area contributed by atoms with Crippen LogP contribution < -0.4 is 0 Å². The Morgan fingerprint density at radius 1 is 1.36 bits per heavy atom. The van der Waals surface area contributed by atoms with Crippen LogP contribution in [0, 0.1) is 5.92 Å². The van der Waals surface area contributed by atoms with Crippen LogP contribution >= 0.6 is 0 Å². The van der Waals surface area contributed by atoms with Crippen LogP contribution in [0.4, 0.5) is 0 Å². The molecule has 0 N–H and O–H groups in total. The Hall–Kier alpha value is -0.520. The summed E-state index contributed by atoms with van der Waals surface area (Å²) in [6, 6.07) is 0. The van der Waals surface area contributed by atoms with Crippen molar-refractivity contribution in [1.82, 2.24) is 0 Å². The maximum absolute atomic E-state index is 2.41. The highest BCUT2D eigenvalue weighted by molar-refractivity contribution is 5.32. The zero-order valence-electron chi connectivity index (χ0n) is 7.48. The summed E-state index contributed by atoms with van der Waals surface area (Å²) >= 11 is 0. The second-order valence-electron chi connectivity index (χ2n) is 3.99. The molecule has 0 fully saturated rings. The quantitative estimate of drug-likeness (QED) is 0.461. The number of allylic oxidation sites excluding steroid dienone is 4. The van der Waals surface area contributed by atoms with E-state index in [2.05, 4.69) is 19.9 Å². The Labute approximate surface area is 69.0 Å². The second kappa shape index (κ2) is 2.51. The van der Waals surface area contributed by atoms with Gasteiger partial charge in [0.1, 0.15) is 0 Å². The molecule has 2 rings (SSSR count). The van der Waals surface area contributed by atoms with Gasteiger partial charge in [-0.05, 0) is 38.5 Å². The Morgan fingerprint density at radius 2 is 2.18 bits per heavy atom. The molecule has 0 radical (unpaired) electrons. The average molecular weight is 148 g/mol. The Bertz CT molecular complexity index is 230. The lowest BCUT2D eigenvalue weighted by atomic mass is 9.76. The molecule has 11 heavy (non-hydrogen) atoms. The highest BCUT2D eigenvalue weighted by atomic mass is 14.3. The van der Waals surface area contributed by atoms with E-state index in [4.69, 9.17) is 0 Å². The van der Waals surface area contributed by atoms with Crippen LogP contribution in [0.3, 0.4) is 0 Å². The van der Waals surface area contributed by atoms with E-state index >= 15 is 0 Å². The smallest absolute Gasteiger partial charge is 0.0131 e. The van der Waals surface area contributed by atoms with Gasteiger partial charge >= 0.3 is 0 Å². The van der Waals surface area contributed by atoms with E-state index in [0.717, 1.165) is 5.92 Å². The van der Waals surface area contributed by atoms with Gasteiger partial charge in [-0.25, -0.2) is 0 Å². The number of hydrogen-bond donors (Lipinski definition) is 0. The van der Waals surface area contributed by atoms with Crippen LogP contribution in [0.15, 0.2) is 22.8 Å². The summed E-state index contributed by atoms with van der Waals surface area (Å²) in [7, 11) is 0. The van der Waals surface area contributed by atoms with Crippen molar-refractivity contribution in [3.05, 3.63) is 22.8 Å². The van der Waals surface area contributed by atoms with Gasteiger partial charge in [0.25, 0.3) is 0 Å². The second-order valence-corrected chi connectivity index (χ2v) is 3.99. The van der Waals surface area contributed by atoms with Gasteiger partial charge in [0.15, 0.2) is 0 Å². The van der Waals surface area contributed by atoms with Gasteiger partial charge in [0.05, 0.1) is 0 Å². The minimum absolute atomic E-state index is 0.896. The van der Waals surface area contributed by atoms with Crippen molar-refractivity contribution in [1.29, 1.82) is 0 Å².